The molecular weight excluding hydrogens is 421 g/mol. The van der Waals surface area contributed by atoms with Gasteiger partial charge in [0, 0.05) is 12.6 Å². The molecule has 0 spiro atoms. The van der Waals surface area contributed by atoms with Gasteiger partial charge in [0.15, 0.2) is 0 Å². The average Bonchev–Trinajstić information content (AvgIpc) is 3.28. The Balaban J connectivity index is 0.00000225. The number of benzene rings is 2. The molecular formula is C23H33Cl2N3O2. The van der Waals surface area contributed by atoms with Crippen molar-refractivity contribution in [3.63, 3.8) is 0 Å². The summed E-state index contributed by atoms with van der Waals surface area (Å²) in [6.07, 6.45) is 2.40. The molecule has 0 radical (unpaired) electrons. The van der Waals surface area contributed by atoms with Crippen molar-refractivity contribution in [1.29, 1.82) is 0 Å². The number of methoxy groups -OCH3 is 1. The van der Waals surface area contributed by atoms with Crippen LogP contribution in [0.5, 0.6) is 5.75 Å². The highest BCUT2D eigenvalue weighted by Crippen LogP contribution is 2.27. The molecule has 1 aliphatic heterocycles. The van der Waals surface area contributed by atoms with Crippen molar-refractivity contribution in [3.8, 4) is 5.75 Å². The molecule has 5 nitrogen and oxygen atoms in total. The van der Waals surface area contributed by atoms with Gasteiger partial charge in [-0.25, -0.2) is 0 Å². The molecule has 3 unspecified atom stereocenters. The van der Waals surface area contributed by atoms with Crippen LogP contribution in [0.25, 0.3) is 0 Å². The molecule has 0 aliphatic carbocycles. The van der Waals surface area contributed by atoms with Crippen molar-refractivity contribution >= 4 is 30.7 Å². The van der Waals surface area contributed by atoms with E-state index in [4.69, 9.17) is 10.5 Å². The topological polar surface area (TPSA) is 67.6 Å². The van der Waals surface area contributed by atoms with E-state index in [2.05, 4.69) is 22.3 Å². The number of halogens is 2. The fourth-order valence-electron chi connectivity index (χ4n) is 3.85. The van der Waals surface area contributed by atoms with E-state index >= 15 is 0 Å². The number of likely N-dealkylation sites (tertiary alicyclic amines) is 1. The molecule has 1 saturated heterocycles. The summed E-state index contributed by atoms with van der Waals surface area (Å²) in [4.78, 5) is 15.2. The highest BCUT2D eigenvalue weighted by molar-refractivity contribution is 5.85. The Morgan fingerprint density at radius 2 is 1.70 bits per heavy atom. The first-order valence-corrected chi connectivity index (χ1v) is 10.1. The van der Waals surface area contributed by atoms with Gasteiger partial charge in [0.05, 0.1) is 19.1 Å². The summed E-state index contributed by atoms with van der Waals surface area (Å²) < 4.78 is 5.39. The molecule has 0 saturated carbocycles. The predicted octanol–water partition coefficient (Wildman–Crippen LogP) is 4.13. The smallest absolute Gasteiger partial charge is 0.224 e. The lowest BCUT2D eigenvalue weighted by atomic mass is 9.94. The second-order valence-electron chi connectivity index (χ2n) is 7.51. The lowest BCUT2D eigenvalue weighted by molar-refractivity contribution is -0.125. The molecule has 30 heavy (non-hydrogen) atoms. The van der Waals surface area contributed by atoms with Gasteiger partial charge in [-0.2, -0.15) is 0 Å². The minimum absolute atomic E-state index is 0. The normalized spacial score (nSPS) is 16.5. The number of nitrogens with one attached hydrogen (secondary N) is 1. The lowest BCUT2D eigenvalue weighted by Gasteiger charge is -2.29. The maximum atomic E-state index is 12.8. The number of hydrogen-bond donors (Lipinski definition) is 2. The van der Waals surface area contributed by atoms with E-state index in [1.54, 1.807) is 7.11 Å². The zero-order valence-electron chi connectivity index (χ0n) is 17.6. The monoisotopic (exact) mass is 453 g/mol. The molecule has 0 bridgehead atoms. The molecule has 2 aromatic carbocycles. The van der Waals surface area contributed by atoms with Crippen LogP contribution in [0.15, 0.2) is 54.6 Å². The molecule has 1 fully saturated rings. The number of nitrogens with two attached hydrogens (primary N) is 1. The number of carbonyl (C=O) groups is 1. The summed E-state index contributed by atoms with van der Waals surface area (Å²) in [6.45, 7) is 4.56. The highest BCUT2D eigenvalue weighted by atomic mass is 35.5. The van der Waals surface area contributed by atoms with E-state index in [0.29, 0.717) is 6.54 Å². The van der Waals surface area contributed by atoms with Crippen LogP contribution in [0.3, 0.4) is 0 Å². The summed E-state index contributed by atoms with van der Waals surface area (Å²) >= 11 is 0. The molecule has 0 aromatic heterocycles. The van der Waals surface area contributed by atoms with Gasteiger partial charge in [0.2, 0.25) is 5.91 Å². The Hall–Kier alpha value is -1.79. The van der Waals surface area contributed by atoms with Crippen molar-refractivity contribution < 1.29 is 9.53 Å². The first-order valence-electron chi connectivity index (χ1n) is 10.1. The van der Waals surface area contributed by atoms with Crippen LogP contribution >= 0.6 is 24.8 Å². The number of ether oxygens (including phenoxy) is 1. The second-order valence-corrected chi connectivity index (χ2v) is 7.51. The molecule has 3 N–H and O–H groups in total. The Morgan fingerprint density at radius 3 is 2.33 bits per heavy atom. The third-order valence-corrected chi connectivity index (χ3v) is 5.67. The van der Waals surface area contributed by atoms with Crippen LogP contribution in [0.4, 0.5) is 0 Å². The summed E-state index contributed by atoms with van der Waals surface area (Å²) in [5, 5.41) is 3.14. The Bertz CT molecular complexity index is 770. The van der Waals surface area contributed by atoms with Gasteiger partial charge in [-0.15, -0.1) is 24.8 Å². The standard InChI is InChI=1S/C23H31N3O2.2ClH/c1-17(22(24)18-9-4-3-5-10-18)23(27)25-16-21(26-13-6-7-14-26)19-11-8-12-20(15-19)28-2;;/h3-5,8-12,15,17,21-22H,6-7,13-14,16,24H2,1-2H3,(H,25,27);2*1H. The molecule has 3 rings (SSSR count). The fraction of sp³-hybridized carbons (Fsp3) is 0.435. The van der Waals surface area contributed by atoms with Crippen LogP contribution in [0.1, 0.15) is 43.0 Å². The van der Waals surface area contributed by atoms with E-state index in [0.717, 1.165) is 24.4 Å². The van der Waals surface area contributed by atoms with E-state index in [-0.39, 0.29) is 48.7 Å². The minimum Gasteiger partial charge on any atom is -0.497 e. The summed E-state index contributed by atoms with van der Waals surface area (Å²) in [5.74, 6) is 0.530. The van der Waals surface area contributed by atoms with E-state index in [1.165, 1.54) is 18.4 Å². The van der Waals surface area contributed by atoms with E-state index in [1.807, 2.05) is 49.4 Å². The predicted molar refractivity (Wildman–Crippen MR) is 127 cm³/mol. The molecule has 3 atom stereocenters. The van der Waals surface area contributed by atoms with Crippen LogP contribution < -0.4 is 15.8 Å². The Morgan fingerprint density at radius 1 is 1.07 bits per heavy atom. The first kappa shape index (κ1) is 26.2. The second kappa shape index (κ2) is 12.8. The molecule has 1 heterocycles. The van der Waals surface area contributed by atoms with Gasteiger partial charge in [-0.3, -0.25) is 9.69 Å². The van der Waals surface area contributed by atoms with Crippen LogP contribution in [0.2, 0.25) is 0 Å². The Labute approximate surface area is 192 Å². The van der Waals surface area contributed by atoms with Crippen molar-refractivity contribution in [2.24, 2.45) is 11.7 Å². The third-order valence-electron chi connectivity index (χ3n) is 5.67. The summed E-state index contributed by atoms with van der Waals surface area (Å²) in [7, 11) is 1.68. The largest absolute Gasteiger partial charge is 0.497 e. The third kappa shape index (κ3) is 6.61. The van der Waals surface area contributed by atoms with Crippen LogP contribution in [0, 0.1) is 5.92 Å². The summed E-state index contributed by atoms with van der Waals surface area (Å²) in [6, 6.07) is 17.7. The number of amides is 1. The highest BCUT2D eigenvalue weighted by Gasteiger charge is 2.27. The molecule has 166 valence electrons. The maximum Gasteiger partial charge on any atom is 0.224 e. The van der Waals surface area contributed by atoms with Gasteiger partial charge in [0.25, 0.3) is 0 Å². The van der Waals surface area contributed by atoms with Crippen molar-refractivity contribution in [2.45, 2.75) is 31.8 Å². The number of rotatable bonds is 8. The van der Waals surface area contributed by atoms with Crippen LogP contribution in [-0.2, 0) is 4.79 Å². The number of hydrogen-bond acceptors (Lipinski definition) is 4. The van der Waals surface area contributed by atoms with Gasteiger partial charge in [-0.05, 0) is 49.2 Å². The summed E-state index contributed by atoms with van der Waals surface area (Å²) in [5.41, 5.74) is 8.48. The van der Waals surface area contributed by atoms with E-state index < -0.39 is 0 Å². The van der Waals surface area contributed by atoms with Gasteiger partial charge < -0.3 is 15.8 Å². The van der Waals surface area contributed by atoms with Gasteiger partial charge in [-0.1, -0.05) is 49.4 Å². The maximum absolute atomic E-state index is 12.8. The quantitative estimate of drug-likeness (QED) is 0.630. The van der Waals surface area contributed by atoms with Gasteiger partial charge in [0.1, 0.15) is 5.75 Å². The zero-order chi connectivity index (χ0) is 19.9. The zero-order valence-corrected chi connectivity index (χ0v) is 19.3. The van der Waals surface area contributed by atoms with Crippen molar-refractivity contribution in [3.05, 3.63) is 65.7 Å². The molecule has 7 heteroatoms. The first-order chi connectivity index (χ1) is 13.6. The molecule has 1 aliphatic rings. The molecule has 1 amide bonds. The Kier molecular flexibility index (Phi) is 11.2. The van der Waals surface area contributed by atoms with Crippen molar-refractivity contribution in [2.75, 3.05) is 26.7 Å². The molecule has 2 aromatic rings. The van der Waals surface area contributed by atoms with Crippen molar-refractivity contribution in [1.82, 2.24) is 10.2 Å². The fourth-order valence-corrected chi connectivity index (χ4v) is 3.85. The number of nitrogens with zero attached hydrogens (tertiary/aromatic N) is 1. The number of carbonyl (C=O) groups excluding carboxylic acids is 1. The minimum atomic E-state index is -0.316. The SMILES string of the molecule is COc1cccc(C(CNC(=O)C(C)C(N)c2ccccc2)N2CCCC2)c1.Cl.Cl. The lowest BCUT2D eigenvalue weighted by Crippen LogP contribution is -2.41. The van der Waals surface area contributed by atoms with Crippen LogP contribution in [-0.4, -0.2) is 37.6 Å². The average molecular weight is 454 g/mol. The van der Waals surface area contributed by atoms with Gasteiger partial charge >= 0.3 is 0 Å². The van der Waals surface area contributed by atoms with E-state index in [9.17, 15) is 4.79 Å².